The van der Waals surface area contributed by atoms with Crippen molar-refractivity contribution in [2.75, 3.05) is 13.1 Å². The summed E-state index contributed by atoms with van der Waals surface area (Å²) < 4.78 is 5.37. The van der Waals surface area contributed by atoms with Gasteiger partial charge in [0, 0.05) is 19.1 Å². The van der Waals surface area contributed by atoms with Gasteiger partial charge < -0.3 is 15.4 Å². The molecule has 19 heavy (non-hydrogen) atoms. The third-order valence-electron chi connectivity index (χ3n) is 3.65. The fourth-order valence-corrected chi connectivity index (χ4v) is 2.32. The smallest absolute Gasteiger partial charge is 0.410 e. The molecule has 0 bridgehead atoms. The van der Waals surface area contributed by atoms with E-state index in [1.54, 1.807) is 4.90 Å². The van der Waals surface area contributed by atoms with E-state index in [2.05, 4.69) is 13.0 Å². The summed E-state index contributed by atoms with van der Waals surface area (Å²) in [6.45, 7) is 5.84. The van der Waals surface area contributed by atoms with Crippen LogP contribution in [0.15, 0.2) is 18.2 Å². The van der Waals surface area contributed by atoms with E-state index < -0.39 is 0 Å². The predicted molar refractivity (Wildman–Crippen MR) is 74.9 cm³/mol. The number of rotatable bonds is 2. The van der Waals surface area contributed by atoms with E-state index in [9.17, 15) is 4.79 Å². The van der Waals surface area contributed by atoms with Crippen molar-refractivity contribution in [2.45, 2.75) is 39.3 Å². The molecular formula is C15H22N2O2. The Morgan fingerprint density at radius 1 is 1.37 bits per heavy atom. The summed E-state index contributed by atoms with van der Waals surface area (Å²) in [6, 6.07) is 6.38. The zero-order valence-corrected chi connectivity index (χ0v) is 11.7. The van der Waals surface area contributed by atoms with Crippen LogP contribution in [0.2, 0.25) is 0 Å². The topological polar surface area (TPSA) is 55.6 Å². The molecule has 1 aromatic carbocycles. The molecule has 1 amide bonds. The molecule has 0 radical (unpaired) electrons. The maximum Gasteiger partial charge on any atom is 0.410 e. The van der Waals surface area contributed by atoms with Crippen LogP contribution in [0.25, 0.3) is 0 Å². The number of benzene rings is 1. The van der Waals surface area contributed by atoms with Crippen molar-refractivity contribution in [1.29, 1.82) is 0 Å². The van der Waals surface area contributed by atoms with E-state index in [0.29, 0.717) is 19.7 Å². The zero-order valence-electron chi connectivity index (χ0n) is 11.7. The largest absolute Gasteiger partial charge is 0.445 e. The number of hydrogen-bond acceptors (Lipinski definition) is 3. The Morgan fingerprint density at radius 2 is 2.05 bits per heavy atom. The van der Waals surface area contributed by atoms with Crippen molar-refractivity contribution >= 4 is 6.09 Å². The van der Waals surface area contributed by atoms with Crippen molar-refractivity contribution in [3.63, 3.8) is 0 Å². The first-order valence-corrected chi connectivity index (χ1v) is 6.79. The highest BCUT2D eigenvalue weighted by atomic mass is 16.6. The maximum atomic E-state index is 11.9. The standard InChI is InChI=1S/C15H22N2O2/c1-11-3-4-13(12(2)9-11)10-19-15(18)17-7-5-14(16)6-8-17/h3-4,9,14H,5-8,10,16H2,1-2H3. The fourth-order valence-electron chi connectivity index (χ4n) is 2.32. The van der Waals surface area contributed by atoms with Gasteiger partial charge in [0.15, 0.2) is 0 Å². The Balaban J connectivity index is 1.86. The van der Waals surface area contributed by atoms with Gasteiger partial charge in [0.1, 0.15) is 6.61 Å². The van der Waals surface area contributed by atoms with Crippen LogP contribution in [-0.4, -0.2) is 30.1 Å². The number of nitrogens with zero attached hydrogens (tertiary/aromatic N) is 1. The van der Waals surface area contributed by atoms with Gasteiger partial charge in [-0.3, -0.25) is 0 Å². The van der Waals surface area contributed by atoms with Gasteiger partial charge in [-0.15, -0.1) is 0 Å². The Kier molecular flexibility index (Phi) is 4.43. The Bertz CT molecular complexity index is 451. The highest BCUT2D eigenvalue weighted by Gasteiger charge is 2.21. The lowest BCUT2D eigenvalue weighted by molar-refractivity contribution is 0.0872. The average molecular weight is 262 g/mol. The van der Waals surface area contributed by atoms with Crippen molar-refractivity contribution in [2.24, 2.45) is 5.73 Å². The van der Waals surface area contributed by atoms with E-state index in [1.807, 2.05) is 19.1 Å². The lowest BCUT2D eigenvalue weighted by atomic mass is 10.1. The Labute approximate surface area is 114 Å². The number of amides is 1. The van der Waals surface area contributed by atoms with Gasteiger partial charge in [0.25, 0.3) is 0 Å². The molecule has 2 N–H and O–H groups in total. The van der Waals surface area contributed by atoms with Gasteiger partial charge in [0.05, 0.1) is 0 Å². The van der Waals surface area contributed by atoms with Gasteiger partial charge >= 0.3 is 6.09 Å². The van der Waals surface area contributed by atoms with Crippen molar-refractivity contribution in [3.8, 4) is 0 Å². The Morgan fingerprint density at radius 3 is 2.68 bits per heavy atom. The number of likely N-dealkylation sites (tertiary alicyclic amines) is 1. The minimum atomic E-state index is -0.230. The number of ether oxygens (including phenoxy) is 1. The highest BCUT2D eigenvalue weighted by molar-refractivity contribution is 5.67. The molecule has 0 aromatic heterocycles. The highest BCUT2D eigenvalue weighted by Crippen LogP contribution is 2.14. The minimum absolute atomic E-state index is 0.225. The molecule has 0 aliphatic carbocycles. The average Bonchev–Trinajstić information content (AvgIpc) is 2.38. The van der Waals surface area contributed by atoms with E-state index >= 15 is 0 Å². The van der Waals surface area contributed by atoms with Crippen LogP contribution in [0.1, 0.15) is 29.5 Å². The first kappa shape index (κ1) is 13.9. The maximum absolute atomic E-state index is 11.9. The van der Waals surface area contributed by atoms with Gasteiger partial charge in [-0.2, -0.15) is 0 Å². The fraction of sp³-hybridized carbons (Fsp3) is 0.533. The van der Waals surface area contributed by atoms with E-state index in [1.165, 1.54) is 5.56 Å². The summed E-state index contributed by atoms with van der Waals surface area (Å²) in [7, 11) is 0. The summed E-state index contributed by atoms with van der Waals surface area (Å²) in [5.41, 5.74) is 9.26. The SMILES string of the molecule is Cc1ccc(COC(=O)N2CCC(N)CC2)c(C)c1. The third-order valence-corrected chi connectivity index (χ3v) is 3.65. The normalized spacial score (nSPS) is 16.5. The number of nitrogens with two attached hydrogens (primary N) is 1. The van der Waals surface area contributed by atoms with Crippen LogP contribution in [0.4, 0.5) is 4.79 Å². The van der Waals surface area contributed by atoms with Crippen molar-refractivity contribution < 1.29 is 9.53 Å². The lowest BCUT2D eigenvalue weighted by Gasteiger charge is -2.29. The second-order valence-electron chi connectivity index (χ2n) is 5.31. The summed E-state index contributed by atoms with van der Waals surface area (Å²) in [5, 5.41) is 0. The molecule has 1 fully saturated rings. The Hall–Kier alpha value is -1.55. The molecule has 0 unspecified atom stereocenters. The summed E-state index contributed by atoms with van der Waals surface area (Å²) >= 11 is 0. The van der Waals surface area contributed by atoms with Crippen LogP contribution in [-0.2, 0) is 11.3 Å². The molecule has 1 aliphatic rings. The molecule has 104 valence electrons. The van der Waals surface area contributed by atoms with E-state index in [0.717, 1.165) is 24.0 Å². The van der Waals surface area contributed by atoms with Gasteiger partial charge in [-0.05, 0) is 37.8 Å². The molecule has 4 heteroatoms. The molecule has 0 atom stereocenters. The number of carbonyl (C=O) groups excluding carboxylic acids is 1. The number of carbonyl (C=O) groups is 1. The molecule has 4 nitrogen and oxygen atoms in total. The summed E-state index contributed by atoms with van der Waals surface area (Å²) in [4.78, 5) is 13.7. The van der Waals surface area contributed by atoms with Crippen LogP contribution < -0.4 is 5.73 Å². The summed E-state index contributed by atoms with van der Waals surface area (Å²) in [6.07, 6.45) is 1.49. The molecule has 1 aromatic rings. The van der Waals surface area contributed by atoms with Crippen LogP contribution in [0.3, 0.4) is 0 Å². The minimum Gasteiger partial charge on any atom is -0.445 e. The van der Waals surface area contributed by atoms with Crippen molar-refractivity contribution in [3.05, 3.63) is 34.9 Å². The molecule has 0 spiro atoms. The first-order valence-electron chi connectivity index (χ1n) is 6.79. The van der Waals surface area contributed by atoms with Gasteiger partial charge in [-0.25, -0.2) is 4.79 Å². The van der Waals surface area contributed by atoms with Gasteiger partial charge in [0.2, 0.25) is 0 Å². The van der Waals surface area contributed by atoms with Crippen LogP contribution in [0.5, 0.6) is 0 Å². The molecule has 1 heterocycles. The van der Waals surface area contributed by atoms with Crippen LogP contribution in [0, 0.1) is 13.8 Å². The lowest BCUT2D eigenvalue weighted by Crippen LogP contribution is -2.43. The number of hydrogen-bond donors (Lipinski definition) is 1. The third kappa shape index (κ3) is 3.70. The zero-order chi connectivity index (χ0) is 13.8. The van der Waals surface area contributed by atoms with Gasteiger partial charge in [-0.1, -0.05) is 23.8 Å². The second kappa shape index (κ2) is 6.06. The first-order chi connectivity index (χ1) is 9.06. The van der Waals surface area contributed by atoms with E-state index in [-0.39, 0.29) is 12.1 Å². The molecule has 2 rings (SSSR count). The van der Waals surface area contributed by atoms with Crippen LogP contribution >= 0.6 is 0 Å². The molecule has 1 saturated heterocycles. The monoisotopic (exact) mass is 262 g/mol. The molecule has 0 saturated carbocycles. The quantitative estimate of drug-likeness (QED) is 0.890. The summed E-state index contributed by atoms with van der Waals surface area (Å²) in [5.74, 6) is 0. The van der Waals surface area contributed by atoms with E-state index in [4.69, 9.17) is 10.5 Å². The number of piperidine rings is 1. The molecular weight excluding hydrogens is 240 g/mol. The number of aryl methyl sites for hydroxylation is 2. The van der Waals surface area contributed by atoms with Crippen molar-refractivity contribution in [1.82, 2.24) is 4.90 Å². The molecule has 1 aliphatic heterocycles. The predicted octanol–water partition coefficient (Wildman–Crippen LogP) is 2.36. The second-order valence-corrected chi connectivity index (χ2v) is 5.31.